The van der Waals surface area contributed by atoms with Gasteiger partial charge in [0.1, 0.15) is 0 Å². The Morgan fingerprint density at radius 2 is 1.88 bits per heavy atom. The molecule has 0 aromatic heterocycles. The molecule has 1 fully saturated rings. The summed E-state index contributed by atoms with van der Waals surface area (Å²) >= 11 is 0. The van der Waals surface area contributed by atoms with Crippen LogP contribution < -0.4 is 10.6 Å². The molecule has 1 aromatic rings. The lowest BCUT2D eigenvalue weighted by Crippen LogP contribution is -2.44. The van der Waals surface area contributed by atoms with Crippen molar-refractivity contribution in [1.82, 2.24) is 20.4 Å². The van der Waals surface area contributed by atoms with E-state index in [-0.39, 0.29) is 18.7 Å². The topological polar surface area (TPSA) is 67.8 Å². The summed E-state index contributed by atoms with van der Waals surface area (Å²) in [5, 5.41) is 15.1. The summed E-state index contributed by atoms with van der Waals surface area (Å²) in [6.07, 6.45) is 2.06. The Labute approximate surface area is 144 Å². The molecule has 2 rings (SSSR count). The molecule has 0 radical (unpaired) electrons. The van der Waals surface area contributed by atoms with Crippen molar-refractivity contribution in [3.05, 3.63) is 35.9 Å². The Balaban J connectivity index is 1.57. The third-order valence-corrected chi connectivity index (χ3v) is 4.47. The number of nitrogens with zero attached hydrogens (tertiary/aromatic N) is 2. The number of unbranched alkanes of at least 4 members (excludes halogenated alkanes) is 1. The van der Waals surface area contributed by atoms with Gasteiger partial charge in [0, 0.05) is 32.7 Å². The predicted molar refractivity (Wildman–Crippen MR) is 96.0 cm³/mol. The molecule has 0 aliphatic carbocycles. The lowest BCUT2D eigenvalue weighted by molar-refractivity contribution is 0.152. The molecule has 3 N–H and O–H groups in total. The highest BCUT2D eigenvalue weighted by Gasteiger charge is 2.14. The maximum atomic E-state index is 11.9. The molecule has 1 atom stereocenters. The maximum Gasteiger partial charge on any atom is 0.315 e. The van der Waals surface area contributed by atoms with Gasteiger partial charge in [0.25, 0.3) is 0 Å². The molecule has 1 unspecified atom stereocenters. The molecule has 1 heterocycles. The number of carbonyl (C=O) groups is 1. The fourth-order valence-electron chi connectivity index (χ4n) is 2.86. The van der Waals surface area contributed by atoms with Gasteiger partial charge in [0.05, 0.1) is 12.6 Å². The molecule has 6 nitrogen and oxygen atoms in total. The second-order valence-electron chi connectivity index (χ2n) is 6.40. The third kappa shape index (κ3) is 6.47. The Morgan fingerprint density at radius 3 is 2.54 bits per heavy atom. The van der Waals surface area contributed by atoms with Gasteiger partial charge in [-0.15, -0.1) is 0 Å². The molecule has 1 aliphatic heterocycles. The highest BCUT2D eigenvalue weighted by Crippen LogP contribution is 2.11. The molecule has 24 heavy (non-hydrogen) atoms. The number of likely N-dealkylation sites (N-methyl/N-ethyl adjacent to an activating group) is 1. The number of nitrogens with one attached hydrogen (secondary N) is 2. The number of carbonyl (C=O) groups excluding carboxylic acids is 1. The third-order valence-electron chi connectivity index (χ3n) is 4.47. The number of hydrogen-bond donors (Lipinski definition) is 3. The van der Waals surface area contributed by atoms with Crippen LogP contribution in [0.5, 0.6) is 0 Å². The van der Waals surface area contributed by atoms with Crippen molar-refractivity contribution in [3.8, 4) is 0 Å². The van der Waals surface area contributed by atoms with Gasteiger partial charge in [0.2, 0.25) is 0 Å². The number of benzene rings is 1. The number of urea groups is 1. The first kappa shape index (κ1) is 18.7. The first-order chi connectivity index (χ1) is 11.7. The molecular formula is C18H30N4O2. The number of aliphatic hydroxyl groups is 1. The van der Waals surface area contributed by atoms with Gasteiger partial charge >= 0.3 is 6.03 Å². The van der Waals surface area contributed by atoms with Crippen LogP contribution in [0.3, 0.4) is 0 Å². The molecule has 2 amide bonds. The van der Waals surface area contributed by atoms with E-state index in [4.69, 9.17) is 0 Å². The second kappa shape index (κ2) is 10.3. The van der Waals surface area contributed by atoms with Crippen LogP contribution >= 0.6 is 0 Å². The average Bonchev–Trinajstić information content (AvgIpc) is 2.61. The van der Waals surface area contributed by atoms with Crippen LogP contribution in [0.25, 0.3) is 0 Å². The summed E-state index contributed by atoms with van der Waals surface area (Å²) in [5.74, 6) is 0. The van der Waals surface area contributed by atoms with Crippen LogP contribution in [-0.4, -0.2) is 73.9 Å². The van der Waals surface area contributed by atoms with Crippen LogP contribution in [0.1, 0.15) is 24.4 Å². The number of aliphatic hydroxyl groups excluding tert-OH is 1. The number of hydrogen-bond acceptors (Lipinski definition) is 4. The molecule has 0 bridgehead atoms. The predicted octanol–water partition coefficient (Wildman–Crippen LogP) is 1.05. The van der Waals surface area contributed by atoms with Crippen molar-refractivity contribution < 1.29 is 9.90 Å². The molecule has 134 valence electrons. The van der Waals surface area contributed by atoms with E-state index in [0.29, 0.717) is 6.54 Å². The fourth-order valence-corrected chi connectivity index (χ4v) is 2.86. The number of rotatable bonds is 8. The first-order valence-corrected chi connectivity index (χ1v) is 8.80. The minimum absolute atomic E-state index is 0.110. The Morgan fingerprint density at radius 1 is 1.17 bits per heavy atom. The van der Waals surface area contributed by atoms with Crippen LogP contribution in [0.2, 0.25) is 0 Å². The smallest absolute Gasteiger partial charge is 0.315 e. The summed E-state index contributed by atoms with van der Waals surface area (Å²) in [4.78, 5) is 16.8. The SMILES string of the molecule is CN1CCN(CCCCNC(=O)NC(CO)c2ccccc2)CC1. The lowest BCUT2D eigenvalue weighted by Gasteiger charge is -2.32. The first-order valence-electron chi connectivity index (χ1n) is 8.80. The van der Waals surface area contributed by atoms with Gasteiger partial charge in [-0.3, -0.25) is 0 Å². The molecule has 6 heteroatoms. The minimum atomic E-state index is -0.364. The van der Waals surface area contributed by atoms with E-state index < -0.39 is 0 Å². The van der Waals surface area contributed by atoms with Gasteiger partial charge in [-0.05, 0) is 32.0 Å². The largest absolute Gasteiger partial charge is 0.394 e. The minimum Gasteiger partial charge on any atom is -0.394 e. The van der Waals surface area contributed by atoms with Crippen LogP contribution in [0, 0.1) is 0 Å². The summed E-state index contributed by atoms with van der Waals surface area (Å²) in [5.41, 5.74) is 0.908. The van der Waals surface area contributed by atoms with E-state index in [0.717, 1.165) is 51.1 Å². The van der Waals surface area contributed by atoms with E-state index in [2.05, 4.69) is 27.5 Å². The summed E-state index contributed by atoms with van der Waals surface area (Å²) in [7, 11) is 2.16. The second-order valence-corrected chi connectivity index (χ2v) is 6.40. The van der Waals surface area contributed by atoms with Crippen molar-refractivity contribution in [2.75, 3.05) is 52.9 Å². The van der Waals surface area contributed by atoms with Crippen molar-refractivity contribution in [3.63, 3.8) is 0 Å². The Bertz CT molecular complexity index is 475. The molecule has 0 spiro atoms. The highest BCUT2D eigenvalue weighted by atomic mass is 16.3. The van der Waals surface area contributed by atoms with Gasteiger partial charge < -0.3 is 25.5 Å². The quantitative estimate of drug-likeness (QED) is 0.622. The van der Waals surface area contributed by atoms with Crippen molar-refractivity contribution in [2.45, 2.75) is 18.9 Å². The van der Waals surface area contributed by atoms with Gasteiger partial charge in [-0.2, -0.15) is 0 Å². The fraction of sp³-hybridized carbons (Fsp3) is 0.611. The summed E-state index contributed by atoms with van der Waals surface area (Å²) < 4.78 is 0. The zero-order chi connectivity index (χ0) is 17.2. The maximum absolute atomic E-state index is 11.9. The zero-order valence-electron chi connectivity index (χ0n) is 14.6. The molecular weight excluding hydrogens is 304 g/mol. The van der Waals surface area contributed by atoms with Gasteiger partial charge in [-0.25, -0.2) is 4.79 Å². The van der Waals surface area contributed by atoms with E-state index in [9.17, 15) is 9.90 Å². The molecule has 1 aliphatic rings. The Hall–Kier alpha value is -1.63. The van der Waals surface area contributed by atoms with E-state index in [1.807, 2.05) is 30.3 Å². The summed E-state index contributed by atoms with van der Waals surface area (Å²) in [6.45, 7) is 6.21. The van der Waals surface area contributed by atoms with Crippen molar-refractivity contribution >= 4 is 6.03 Å². The van der Waals surface area contributed by atoms with E-state index in [1.54, 1.807) is 0 Å². The van der Waals surface area contributed by atoms with Gasteiger partial charge in [-0.1, -0.05) is 30.3 Å². The number of amides is 2. The van der Waals surface area contributed by atoms with Crippen molar-refractivity contribution in [1.29, 1.82) is 0 Å². The zero-order valence-corrected chi connectivity index (χ0v) is 14.6. The standard InChI is InChI=1S/C18H30N4O2/c1-21-11-13-22(14-12-21)10-6-5-9-19-18(24)20-17(15-23)16-7-3-2-4-8-16/h2-4,7-8,17,23H,5-6,9-15H2,1H3,(H2,19,20,24). The Kier molecular flexibility index (Phi) is 8.01. The lowest BCUT2D eigenvalue weighted by atomic mass is 10.1. The monoisotopic (exact) mass is 334 g/mol. The normalized spacial score (nSPS) is 17.4. The van der Waals surface area contributed by atoms with E-state index >= 15 is 0 Å². The van der Waals surface area contributed by atoms with Crippen LogP contribution in [0.4, 0.5) is 4.79 Å². The van der Waals surface area contributed by atoms with Crippen LogP contribution in [0.15, 0.2) is 30.3 Å². The highest BCUT2D eigenvalue weighted by molar-refractivity contribution is 5.74. The molecule has 1 saturated heterocycles. The summed E-state index contributed by atoms with van der Waals surface area (Å²) in [6, 6.07) is 8.92. The molecule has 0 saturated carbocycles. The number of piperazine rings is 1. The average molecular weight is 334 g/mol. The van der Waals surface area contributed by atoms with E-state index in [1.165, 1.54) is 0 Å². The van der Waals surface area contributed by atoms with Crippen LogP contribution in [-0.2, 0) is 0 Å². The van der Waals surface area contributed by atoms with Crippen molar-refractivity contribution in [2.24, 2.45) is 0 Å². The van der Waals surface area contributed by atoms with Gasteiger partial charge in [0.15, 0.2) is 0 Å². The molecule has 1 aromatic carbocycles.